The van der Waals surface area contributed by atoms with Gasteiger partial charge < -0.3 is 19.2 Å². The number of morpholine rings is 1. The number of anilines is 1. The Hall–Kier alpha value is -3.72. The predicted molar refractivity (Wildman–Crippen MR) is 127 cm³/mol. The Labute approximate surface area is 196 Å². The fourth-order valence-electron chi connectivity index (χ4n) is 3.82. The summed E-state index contributed by atoms with van der Waals surface area (Å²) in [5.74, 6) is -0.288. The quantitative estimate of drug-likeness (QED) is 0.487. The number of aryl methyl sites for hydroxylation is 1. The number of hydrogen-bond donors (Lipinski definition) is 1. The summed E-state index contributed by atoms with van der Waals surface area (Å²) in [6.07, 6.45) is 3.58. The van der Waals surface area contributed by atoms with E-state index in [2.05, 4.69) is 14.9 Å². The summed E-state index contributed by atoms with van der Waals surface area (Å²) in [5.41, 5.74) is 2.30. The molecule has 4 heterocycles. The summed E-state index contributed by atoms with van der Waals surface area (Å²) in [5, 5.41) is 10.6. The first-order chi connectivity index (χ1) is 16.5. The molecule has 0 atom stereocenters. The van der Waals surface area contributed by atoms with Gasteiger partial charge in [-0.3, -0.25) is 9.20 Å². The van der Waals surface area contributed by atoms with E-state index in [0.717, 1.165) is 29.9 Å². The van der Waals surface area contributed by atoms with E-state index >= 15 is 0 Å². The topological polar surface area (TPSA) is 93.1 Å². The highest BCUT2D eigenvalue weighted by Gasteiger charge is 2.21. The Morgan fingerprint density at radius 1 is 1.15 bits per heavy atom. The maximum atomic E-state index is 13.1. The van der Waals surface area contributed by atoms with Gasteiger partial charge in [0.25, 0.3) is 0 Å². The Bertz CT molecular complexity index is 1340. The van der Waals surface area contributed by atoms with Crippen molar-refractivity contribution in [2.45, 2.75) is 27.2 Å². The molecule has 0 aliphatic carbocycles. The summed E-state index contributed by atoms with van der Waals surface area (Å²) in [6.45, 7) is 8.56. The van der Waals surface area contributed by atoms with Gasteiger partial charge in [0, 0.05) is 25.7 Å². The normalized spacial score (nSPS) is 13.6. The van der Waals surface area contributed by atoms with Crippen LogP contribution in [0.15, 0.2) is 51.9 Å². The van der Waals surface area contributed by atoms with Crippen molar-refractivity contribution in [2.75, 3.05) is 31.2 Å². The second kappa shape index (κ2) is 10.0. The first-order valence-corrected chi connectivity index (χ1v) is 11.3. The predicted octanol–water partition coefficient (Wildman–Crippen LogP) is 3.96. The smallest absolute Gasteiger partial charge is 0.300 e. The van der Waals surface area contributed by atoms with Crippen LogP contribution in [0.1, 0.15) is 30.7 Å². The van der Waals surface area contributed by atoms with Gasteiger partial charge in [-0.2, -0.15) is 0 Å². The minimum absolute atomic E-state index is 0.0115. The number of benzene rings is 1. The largest absolute Gasteiger partial charge is 0.501 e. The molecule has 0 amide bonds. The minimum Gasteiger partial charge on any atom is -0.501 e. The molecule has 0 saturated carbocycles. The van der Waals surface area contributed by atoms with Crippen LogP contribution in [-0.4, -0.2) is 45.8 Å². The van der Waals surface area contributed by atoms with Crippen molar-refractivity contribution in [3.63, 3.8) is 0 Å². The number of aromatic nitrogens is 3. The monoisotopic (exact) mass is 466 g/mol. The molecule has 1 saturated heterocycles. The Balaban J connectivity index is 0.00000133. The van der Waals surface area contributed by atoms with Crippen LogP contribution in [0.25, 0.3) is 17.2 Å². The van der Waals surface area contributed by atoms with E-state index in [1.165, 1.54) is 22.7 Å². The third-order valence-electron chi connectivity index (χ3n) is 5.49. The number of nitrogens with zero attached hydrogens (tertiary/aromatic N) is 4. The molecule has 5 rings (SSSR count). The lowest BCUT2D eigenvalue weighted by atomic mass is 10.1. The maximum absolute atomic E-state index is 13.1. The zero-order valence-corrected chi connectivity index (χ0v) is 19.4. The van der Waals surface area contributed by atoms with Gasteiger partial charge in [0.05, 0.1) is 25.1 Å². The molecule has 1 N–H and O–H groups in total. The molecular formula is C25H27FN4O4. The number of rotatable bonds is 4. The van der Waals surface area contributed by atoms with Crippen molar-refractivity contribution in [3.05, 3.63) is 75.8 Å². The van der Waals surface area contributed by atoms with Gasteiger partial charge >= 0.3 is 5.56 Å². The minimum atomic E-state index is -0.596. The van der Waals surface area contributed by atoms with Crippen molar-refractivity contribution in [2.24, 2.45) is 0 Å². The second-order valence-corrected chi connectivity index (χ2v) is 7.72. The highest BCUT2D eigenvalue weighted by Crippen LogP contribution is 2.27. The lowest BCUT2D eigenvalue weighted by molar-refractivity contribution is 0.122. The average Bonchev–Trinajstić information content (AvgIpc) is 3.33. The van der Waals surface area contributed by atoms with Gasteiger partial charge in [-0.05, 0) is 36.2 Å². The SMILES string of the molecule is CC.Cc1cc(N2CCOCC2)cn2c(=O)c(O)c(-c3ncc(Cc4ccc(F)cc4)o3)nc12. The second-order valence-electron chi connectivity index (χ2n) is 7.72. The zero-order valence-electron chi connectivity index (χ0n) is 19.4. The highest BCUT2D eigenvalue weighted by atomic mass is 19.1. The van der Waals surface area contributed by atoms with E-state index in [4.69, 9.17) is 9.15 Å². The molecule has 1 aliphatic heterocycles. The number of pyridine rings is 1. The van der Waals surface area contributed by atoms with Crippen LogP contribution in [0.3, 0.4) is 0 Å². The molecule has 0 spiro atoms. The van der Waals surface area contributed by atoms with Gasteiger partial charge in [-0.25, -0.2) is 14.4 Å². The van der Waals surface area contributed by atoms with Crippen LogP contribution in [0.2, 0.25) is 0 Å². The number of fused-ring (bicyclic) bond motifs is 1. The van der Waals surface area contributed by atoms with Crippen molar-refractivity contribution in [1.82, 2.24) is 14.4 Å². The van der Waals surface area contributed by atoms with Crippen molar-refractivity contribution in [3.8, 4) is 17.3 Å². The molecule has 34 heavy (non-hydrogen) atoms. The zero-order chi connectivity index (χ0) is 24.2. The van der Waals surface area contributed by atoms with Gasteiger partial charge in [-0.15, -0.1) is 0 Å². The van der Waals surface area contributed by atoms with Gasteiger partial charge in [0.2, 0.25) is 11.6 Å². The number of halogens is 1. The van der Waals surface area contributed by atoms with E-state index in [9.17, 15) is 14.3 Å². The third-order valence-corrected chi connectivity index (χ3v) is 5.49. The molecule has 4 aromatic rings. The summed E-state index contributed by atoms with van der Waals surface area (Å²) in [6, 6.07) is 8.02. The number of aromatic hydroxyl groups is 1. The van der Waals surface area contributed by atoms with E-state index in [1.54, 1.807) is 18.3 Å². The molecule has 0 radical (unpaired) electrons. The van der Waals surface area contributed by atoms with Crippen molar-refractivity contribution in [1.29, 1.82) is 0 Å². The molecule has 3 aromatic heterocycles. The molecule has 1 fully saturated rings. The van der Waals surface area contributed by atoms with Gasteiger partial charge in [-0.1, -0.05) is 26.0 Å². The van der Waals surface area contributed by atoms with E-state index < -0.39 is 11.3 Å². The summed E-state index contributed by atoms with van der Waals surface area (Å²) < 4.78 is 25.6. The van der Waals surface area contributed by atoms with Crippen LogP contribution in [0, 0.1) is 12.7 Å². The molecule has 0 bridgehead atoms. The molecule has 1 aromatic carbocycles. The van der Waals surface area contributed by atoms with Crippen molar-refractivity contribution < 1.29 is 18.7 Å². The van der Waals surface area contributed by atoms with E-state index in [-0.39, 0.29) is 17.4 Å². The number of ether oxygens (including phenoxy) is 1. The fraction of sp³-hybridized carbons (Fsp3) is 0.320. The summed E-state index contributed by atoms with van der Waals surface area (Å²) in [7, 11) is 0. The summed E-state index contributed by atoms with van der Waals surface area (Å²) in [4.78, 5) is 23.8. The maximum Gasteiger partial charge on any atom is 0.300 e. The molecule has 8 nitrogen and oxygen atoms in total. The summed E-state index contributed by atoms with van der Waals surface area (Å²) >= 11 is 0. The van der Waals surface area contributed by atoms with Crippen LogP contribution >= 0.6 is 0 Å². The highest BCUT2D eigenvalue weighted by molar-refractivity contribution is 5.65. The van der Waals surface area contributed by atoms with Crippen LogP contribution < -0.4 is 10.5 Å². The van der Waals surface area contributed by atoms with E-state index in [0.29, 0.717) is 31.0 Å². The Morgan fingerprint density at radius 3 is 2.56 bits per heavy atom. The fourth-order valence-corrected chi connectivity index (χ4v) is 3.82. The molecule has 0 unspecified atom stereocenters. The first kappa shape index (κ1) is 23.4. The van der Waals surface area contributed by atoms with Crippen LogP contribution in [0.5, 0.6) is 5.75 Å². The van der Waals surface area contributed by atoms with E-state index in [1.807, 2.05) is 26.8 Å². The lowest BCUT2D eigenvalue weighted by Crippen LogP contribution is -2.36. The Morgan fingerprint density at radius 2 is 1.85 bits per heavy atom. The van der Waals surface area contributed by atoms with Crippen molar-refractivity contribution >= 4 is 11.3 Å². The Kier molecular flexibility index (Phi) is 6.93. The van der Waals surface area contributed by atoms with Gasteiger partial charge in [0.1, 0.15) is 17.2 Å². The third kappa shape index (κ3) is 4.65. The van der Waals surface area contributed by atoms with Crippen LogP contribution in [0.4, 0.5) is 10.1 Å². The standard InChI is InChI=1S/C23H21FN4O4.C2H6/c1-14-10-17(27-6-8-31-9-7-27)13-28-21(14)26-19(20(29)23(28)30)22-25-12-18(32-22)11-15-2-4-16(24)5-3-15;1-2/h2-5,10,12-13,29H,6-9,11H2,1H3;1-2H3. The van der Waals surface area contributed by atoms with Crippen LogP contribution in [-0.2, 0) is 11.2 Å². The van der Waals surface area contributed by atoms with Gasteiger partial charge in [0.15, 0.2) is 5.69 Å². The molecule has 9 heteroatoms. The molecule has 1 aliphatic rings. The molecule has 178 valence electrons. The number of hydrogen-bond acceptors (Lipinski definition) is 7. The molecular weight excluding hydrogens is 439 g/mol. The number of oxazole rings is 1. The lowest BCUT2D eigenvalue weighted by Gasteiger charge is -2.29. The first-order valence-electron chi connectivity index (χ1n) is 11.3. The average molecular weight is 467 g/mol.